The first-order valence-electron chi connectivity index (χ1n) is 11.8. The van der Waals surface area contributed by atoms with E-state index in [0.29, 0.717) is 5.69 Å². The van der Waals surface area contributed by atoms with Gasteiger partial charge in [-0.05, 0) is 50.2 Å². The number of amides is 4. The molecule has 1 aromatic heterocycles. The van der Waals surface area contributed by atoms with E-state index in [1.165, 1.54) is 9.80 Å². The number of hydrogen-bond acceptors (Lipinski definition) is 4. The van der Waals surface area contributed by atoms with Gasteiger partial charge in [-0.25, -0.2) is 0 Å². The lowest BCUT2D eigenvalue weighted by molar-refractivity contribution is -0.139. The van der Waals surface area contributed by atoms with Gasteiger partial charge in [-0.2, -0.15) is 0 Å². The van der Waals surface area contributed by atoms with Crippen molar-refractivity contribution in [3.05, 3.63) is 84.7 Å². The first-order valence-corrected chi connectivity index (χ1v) is 11.8. The minimum atomic E-state index is -1.47. The molecule has 1 aliphatic rings. The van der Waals surface area contributed by atoms with E-state index in [-0.39, 0.29) is 37.3 Å². The first kappa shape index (κ1) is 24.7. The molecule has 4 amide bonds. The fourth-order valence-electron chi connectivity index (χ4n) is 4.27. The number of hydrogen-bond donors (Lipinski definition) is 2. The van der Waals surface area contributed by atoms with Crippen molar-refractivity contribution in [2.75, 3.05) is 29.4 Å². The average Bonchev–Trinajstić information content (AvgIpc) is 3.39. The second kappa shape index (κ2) is 10.9. The van der Waals surface area contributed by atoms with Crippen molar-refractivity contribution >= 4 is 35.0 Å². The number of aromatic nitrogens is 1. The minimum Gasteiger partial charge on any atom is -0.357 e. The van der Waals surface area contributed by atoms with E-state index < -0.39 is 23.8 Å². The van der Waals surface area contributed by atoms with Gasteiger partial charge in [0.2, 0.25) is 5.91 Å². The molecular weight excluding hydrogens is 458 g/mol. The fourth-order valence-corrected chi connectivity index (χ4v) is 4.27. The normalized spacial score (nSPS) is 16.1. The van der Waals surface area contributed by atoms with Crippen LogP contribution in [0.2, 0.25) is 0 Å². The average molecular weight is 488 g/mol. The summed E-state index contributed by atoms with van der Waals surface area (Å²) in [6.45, 7) is 3.89. The van der Waals surface area contributed by atoms with Gasteiger partial charge in [-0.1, -0.05) is 36.4 Å². The molecule has 1 aliphatic heterocycles. The third-order valence-electron chi connectivity index (χ3n) is 6.00. The van der Waals surface area contributed by atoms with E-state index in [9.17, 15) is 19.2 Å². The second-order valence-electron chi connectivity index (χ2n) is 8.77. The van der Waals surface area contributed by atoms with Crippen molar-refractivity contribution in [2.24, 2.45) is 0 Å². The van der Waals surface area contributed by atoms with Gasteiger partial charge in [-0.15, -0.1) is 0 Å². The van der Waals surface area contributed by atoms with Crippen molar-refractivity contribution in [1.82, 2.24) is 15.2 Å². The Balaban J connectivity index is 1.62. The molecular formula is C27H29N5O4. The quantitative estimate of drug-likeness (QED) is 0.499. The van der Waals surface area contributed by atoms with Crippen molar-refractivity contribution < 1.29 is 19.2 Å². The van der Waals surface area contributed by atoms with Crippen LogP contribution in [0.15, 0.2) is 79.0 Å². The van der Waals surface area contributed by atoms with Gasteiger partial charge < -0.3 is 25.0 Å². The van der Waals surface area contributed by atoms with Gasteiger partial charge in [0.05, 0.1) is 0 Å². The van der Waals surface area contributed by atoms with Crippen LogP contribution in [-0.4, -0.2) is 65.2 Å². The molecule has 0 spiro atoms. The highest BCUT2D eigenvalue weighted by atomic mass is 16.2. The summed E-state index contributed by atoms with van der Waals surface area (Å²) in [4.78, 5) is 60.5. The summed E-state index contributed by atoms with van der Waals surface area (Å²) < 4.78 is 0. The standard InChI is InChI=1S/C27H29N5O4/c1-19(2)32(21-12-7-4-8-13-21)23(33)18-30-16-17-31(20-10-5-3-6-11-20)27(36)24(26(30)35)29-25(34)22-14-9-15-28-22/h3-15,19,24,28H,16-18H2,1-2H3,(H,29,34). The molecule has 0 radical (unpaired) electrons. The highest BCUT2D eigenvalue weighted by Gasteiger charge is 2.40. The van der Waals surface area contributed by atoms with E-state index >= 15 is 0 Å². The lowest BCUT2D eigenvalue weighted by atomic mass is 10.2. The number of carbonyl (C=O) groups excluding carboxylic acids is 4. The molecule has 3 aromatic rings. The molecule has 1 unspecified atom stereocenters. The summed E-state index contributed by atoms with van der Waals surface area (Å²) >= 11 is 0. The van der Waals surface area contributed by atoms with Crippen molar-refractivity contribution in [3.8, 4) is 0 Å². The summed E-state index contributed by atoms with van der Waals surface area (Å²) in [7, 11) is 0. The molecule has 36 heavy (non-hydrogen) atoms. The lowest BCUT2D eigenvalue weighted by Gasteiger charge is -2.30. The zero-order valence-corrected chi connectivity index (χ0v) is 20.3. The lowest BCUT2D eigenvalue weighted by Crippen LogP contribution is -2.55. The molecule has 2 heterocycles. The topological polar surface area (TPSA) is 106 Å². The van der Waals surface area contributed by atoms with Crippen molar-refractivity contribution in [3.63, 3.8) is 0 Å². The molecule has 1 fully saturated rings. The Bertz CT molecular complexity index is 1210. The maximum absolute atomic E-state index is 13.6. The largest absolute Gasteiger partial charge is 0.357 e. The first-order chi connectivity index (χ1) is 17.4. The minimum absolute atomic E-state index is 0.140. The van der Waals surface area contributed by atoms with Crippen LogP contribution in [0.4, 0.5) is 11.4 Å². The maximum Gasteiger partial charge on any atom is 0.268 e. The number of aromatic amines is 1. The van der Waals surface area contributed by atoms with E-state index in [1.807, 2.05) is 50.2 Å². The van der Waals surface area contributed by atoms with Crippen LogP contribution in [0.3, 0.4) is 0 Å². The summed E-state index contributed by atoms with van der Waals surface area (Å²) in [5, 5.41) is 2.57. The molecule has 2 aromatic carbocycles. The summed E-state index contributed by atoms with van der Waals surface area (Å²) in [5.74, 6) is -2.03. The monoisotopic (exact) mass is 487 g/mol. The van der Waals surface area contributed by atoms with E-state index in [2.05, 4.69) is 10.3 Å². The van der Waals surface area contributed by atoms with Crippen molar-refractivity contribution in [1.29, 1.82) is 0 Å². The van der Waals surface area contributed by atoms with Gasteiger partial charge in [-0.3, -0.25) is 19.2 Å². The fraction of sp³-hybridized carbons (Fsp3) is 0.259. The number of carbonyl (C=O) groups is 4. The Morgan fingerprint density at radius 2 is 1.61 bits per heavy atom. The zero-order chi connectivity index (χ0) is 25.7. The summed E-state index contributed by atoms with van der Waals surface area (Å²) in [5.41, 5.74) is 1.55. The number of nitrogens with one attached hydrogen (secondary N) is 2. The van der Waals surface area contributed by atoms with Gasteiger partial charge in [0, 0.05) is 36.7 Å². The molecule has 2 N–H and O–H groups in total. The predicted octanol–water partition coefficient (Wildman–Crippen LogP) is 2.43. The van der Waals surface area contributed by atoms with E-state index in [4.69, 9.17) is 0 Å². The van der Waals surface area contributed by atoms with Crippen LogP contribution < -0.4 is 15.1 Å². The van der Waals surface area contributed by atoms with Crippen LogP contribution in [0.5, 0.6) is 0 Å². The maximum atomic E-state index is 13.6. The molecule has 1 atom stereocenters. The number of rotatable bonds is 7. The number of nitrogens with zero attached hydrogens (tertiary/aromatic N) is 3. The molecule has 0 aliphatic carbocycles. The van der Waals surface area contributed by atoms with Gasteiger partial charge in [0.25, 0.3) is 17.7 Å². The Hall–Kier alpha value is -4.40. The van der Waals surface area contributed by atoms with Crippen LogP contribution in [0.1, 0.15) is 24.3 Å². The molecule has 186 valence electrons. The molecule has 9 heteroatoms. The van der Waals surface area contributed by atoms with Gasteiger partial charge in [0.15, 0.2) is 6.04 Å². The number of anilines is 2. The molecule has 0 saturated carbocycles. The molecule has 1 saturated heterocycles. The third kappa shape index (κ3) is 5.30. The Morgan fingerprint density at radius 1 is 0.944 bits per heavy atom. The highest BCUT2D eigenvalue weighted by Crippen LogP contribution is 2.20. The summed E-state index contributed by atoms with van der Waals surface area (Å²) in [6, 6.07) is 19.8. The van der Waals surface area contributed by atoms with Crippen molar-refractivity contribution in [2.45, 2.75) is 25.9 Å². The third-order valence-corrected chi connectivity index (χ3v) is 6.00. The second-order valence-corrected chi connectivity index (χ2v) is 8.77. The number of para-hydroxylation sites is 2. The highest BCUT2D eigenvalue weighted by molar-refractivity contribution is 6.15. The Morgan fingerprint density at radius 3 is 2.22 bits per heavy atom. The van der Waals surface area contributed by atoms with Crippen LogP contribution in [-0.2, 0) is 14.4 Å². The van der Waals surface area contributed by atoms with Crippen LogP contribution >= 0.6 is 0 Å². The molecule has 4 rings (SSSR count). The number of benzene rings is 2. The molecule has 9 nitrogen and oxygen atoms in total. The summed E-state index contributed by atoms with van der Waals surface area (Å²) in [6.07, 6.45) is 1.58. The van der Waals surface area contributed by atoms with Crippen LogP contribution in [0.25, 0.3) is 0 Å². The SMILES string of the molecule is CC(C)N(C(=O)CN1CCN(c2ccccc2)C(=O)C(NC(=O)c2ccc[nH]2)C1=O)c1ccccc1. The van der Waals surface area contributed by atoms with Gasteiger partial charge >= 0.3 is 0 Å². The number of H-pyrrole nitrogens is 1. The van der Waals surface area contributed by atoms with Gasteiger partial charge in [0.1, 0.15) is 12.2 Å². The Labute approximate surface area is 209 Å². The molecule has 0 bridgehead atoms. The predicted molar refractivity (Wildman–Crippen MR) is 136 cm³/mol. The Kier molecular flexibility index (Phi) is 7.48. The van der Waals surface area contributed by atoms with Crippen LogP contribution in [0, 0.1) is 0 Å². The smallest absolute Gasteiger partial charge is 0.268 e. The van der Waals surface area contributed by atoms with E-state index in [1.54, 1.807) is 47.5 Å². The van der Waals surface area contributed by atoms with E-state index in [0.717, 1.165) is 5.69 Å². The zero-order valence-electron chi connectivity index (χ0n) is 20.3.